The van der Waals surface area contributed by atoms with Crippen LogP contribution in [0.25, 0.3) is 28.2 Å². The van der Waals surface area contributed by atoms with Crippen molar-refractivity contribution in [3.63, 3.8) is 0 Å². The van der Waals surface area contributed by atoms with Crippen molar-refractivity contribution in [1.29, 1.82) is 5.26 Å². The predicted molar refractivity (Wildman–Crippen MR) is 131 cm³/mol. The Bertz CT molecular complexity index is 1260. The minimum atomic E-state index is 0.358. The summed E-state index contributed by atoms with van der Waals surface area (Å²) in [7, 11) is 2.06. The van der Waals surface area contributed by atoms with Crippen molar-refractivity contribution in [1.82, 2.24) is 4.57 Å². The Morgan fingerprint density at radius 1 is 0.781 bits per heavy atom. The van der Waals surface area contributed by atoms with Crippen LogP contribution in [0.5, 0.6) is 0 Å². The molecule has 0 aliphatic carbocycles. The summed E-state index contributed by atoms with van der Waals surface area (Å²) in [5.41, 5.74) is 8.09. The van der Waals surface area contributed by atoms with Gasteiger partial charge in [0.1, 0.15) is 18.1 Å². The fourth-order valence-corrected chi connectivity index (χ4v) is 4.36. The molecule has 0 unspecified atom stereocenters. The van der Waals surface area contributed by atoms with Gasteiger partial charge in [0.05, 0.1) is 24.2 Å². The molecule has 0 radical (unpaired) electrons. The van der Waals surface area contributed by atoms with Crippen molar-refractivity contribution >= 4 is 0 Å². The van der Waals surface area contributed by atoms with Gasteiger partial charge in [0.2, 0.25) is 0 Å². The van der Waals surface area contributed by atoms with E-state index in [0.29, 0.717) is 17.4 Å². The Morgan fingerprint density at radius 2 is 1.41 bits per heavy atom. The maximum Gasteiger partial charge on any atom is 0.293 e. The molecule has 0 N–H and O–H groups in total. The van der Waals surface area contributed by atoms with Crippen molar-refractivity contribution in [2.45, 2.75) is 39.5 Å². The molecule has 1 aromatic heterocycles. The Kier molecular flexibility index (Phi) is 5.97. The zero-order valence-electron chi connectivity index (χ0n) is 19.5. The Morgan fingerprint density at radius 3 is 2.00 bits per heavy atom. The van der Waals surface area contributed by atoms with Crippen molar-refractivity contribution in [2.75, 3.05) is 0 Å². The number of hydrogen-bond donors (Lipinski definition) is 0. The highest BCUT2D eigenvalue weighted by atomic mass is 15.1. The van der Waals surface area contributed by atoms with Crippen molar-refractivity contribution in [3.05, 3.63) is 95.8 Å². The van der Waals surface area contributed by atoms with Crippen LogP contribution in [-0.2, 0) is 7.05 Å². The van der Waals surface area contributed by atoms with Gasteiger partial charge in [0.25, 0.3) is 5.82 Å². The van der Waals surface area contributed by atoms with Crippen LogP contribution >= 0.6 is 0 Å². The molecule has 4 aromatic rings. The van der Waals surface area contributed by atoms with E-state index >= 15 is 0 Å². The summed E-state index contributed by atoms with van der Waals surface area (Å²) in [6, 6.07) is 25.4. The van der Waals surface area contributed by atoms with E-state index in [1.54, 1.807) is 0 Å². The number of hydrogen-bond acceptors (Lipinski definition) is 1. The van der Waals surface area contributed by atoms with E-state index in [4.69, 9.17) is 0 Å². The lowest BCUT2D eigenvalue weighted by Gasteiger charge is -2.20. The monoisotopic (exact) mass is 420 g/mol. The topological polar surface area (TPSA) is 32.6 Å². The standard InChI is InChI=1S/C29H30N3/c1-20(2)26-17-25(23-11-7-6-8-12-23)18-27(21(3)4)28(26)32-15-14-31(5)29(32)24-13-9-10-22(16-24)19-30/h6-18,20-21H,1-5H3/q+1. The SMILES string of the molecule is CC(C)c1cc(-c2ccccc2)cc(C(C)C)c1-n1cc[n+](C)c1-c1cccc(C#N)c1. The molecule has 0 fully saturated rings. The third-order valence-electron chi connectivity index (χ3n) is 6.01. The molecule has 0 aliphatic heterocycles. The number of aryl methyl sites for hydroxylation is 1. The molecule has 3 heteroatoms. The summed E-state index contributed by atoms with van der Waals surface area (Å²) >= 11 is 0. The first kappa shape index (κ1) is 21.6. The number of benzene rings is 3. The average molecular weight is 421 g/mol. The molecule has 3 aromatic carbocycles. The predicted octanol–water partition coefficient (Wildman–Crippen LogP) is 6.75. The van der Waals surface area contributed by atoms with Gasteiger partial charge in [-0.3, -0.25) is 0 Å². The largest absolute Gasteiger partial charge is 0.293 e. The summed E-state index contributed by atoms with van der Waals surface area (Å²) < 4.78 is 4.44. The molecular weight excluding hydrogens is 390 g/mol. The molecule has 0 amide bonds. The fourth-order valence-electron chi connectivity index (χ4n) is 4.36. The number of nitriles is 1. The van der Waals surface area contributed by atoms with Gasteiger partial charge >= 0.3 is 0 Å². The van der Waals surface area contributed by atoms with Gasteiger partial charge in [-0.25, -0.2) is 4.57 Å². The van der Waals surface area contributed by atoms with Crippen LogP contribution < -0.4 is 4.57 Å². The van der Waals surface area contributed by atoms with Gasteiger partial charge in [-0.05, 0) is 53.3 Å². The normalized spacial score (nSPS) is 11.2. The zero-order valence-corrected chi connectivity index (χ0v) is 19.5. The van der Waals surface area contributed by atoms with Crippen molar-refractivity contribution in [3.8, 4) is 34.3 Å². The Hall–Kier alpha value is -3.64. The maximum atomic E-state index is 9.42. The molecule has 0 spiro atoms. The highest BCUT2D eigenvalue weighted by Gasteiger charge is 2.27. The van der Waals surface area contributed by atoms with Gasteiger partial charge in [-0.15, -0.1) is 0 Å². The van der Waals surface area contributed by atoms with Crippen LogP contribution in [0.15, 0.2) is 79.1 Å². The first-order chi connectivity index (χ1) is 15.4. The minimum Gasteiger partial charge on any atom is -0.232 e. The molecule has 0 saturated heterocycles. The number of nitrogens with zero attached hydrogens (tertiary/aromatic N) is 3. The Balaban J connectivity index is 2.02. The molecular formula is C29H30N3+. The number of rotatable bonds is 5. The molecule has 4 rings (SSSR count). The van der Waals surface area contributed by atoms with E-state index in [-0.39, 0.29) is 0 Å². The third-order valence-corrected chi connectivity index (χ3v) is 6.01. The number of imidazole rings is 1. The summed E-state index contributed by atoms with van der Waals surface area (Å²) in [6.07, 6.45) is 4.23. The minimum absolute atomic E-state index is 0.358. The van der Waals surface area contributed by atoms with Gasteiger partial charge in [0, 0.05) is 11.1 Å². The van der Waals surface area contributed by atoms with Crippen molar-refractivity contribution < 1.29 is 4.57 Å². The smallest absolute Gasteiger partial charge is 0.232 e. The van der Waals surface area contributed by atoms with Gasteiger partial charge < -0.3 is 0 Å². The highest BCUT2D eigenvalue weighted by Crippen LogP contribution is 2.37. The van der Waals surface area contributed by atoms with Gasteiger partial charge in [-0.2, -0.15) is 9.83 Å². The Labute approximate surface area is 191 Å². The molecule has 0 bridgehead atoms. The number of aromatic nitrogens is 2. The lowest BCUT2D eigenvalue weighted by molar-refractivity contribution is -0.659. The van der Waals surface area contributed by atoms with Crippen LogP contribution in [0.4, 0.5) is 0 Å². The van der Waals surface area contributed by atoms with E-state index in [0.717, 1.165) is 11.4 Å². The van der Waals surface area contributed by atoms with Gasteiger partial charge in [0.15, 0.2) is 0 Å². The quantitative estimate of drug-likeness (QED) is 0.329. The second-order valence-electron chi connectivity index (χ2n) is 8.97. The third kappa shape index (κ3) is 3.97. The van der Waals surface area contributed by atoms with E-state index < -0.39 is 0 Å². The molecule has 0 atom stereocenters. The lowest BCUT2D eigenvalue weighted by Crippen LogP contribution is -2.29. The summed E-state index contributed by atoms with van der Waals surface area (Å²) in [6.45, 7) is 9.04. The maximum absolute atomic E-state index is 9.42. The summed E-state index contributed by atoms with van der Waals surface area (Å²) in [5, 5.41) is 9.42. The second kappa shape index (κ2) is 8.85. The molecule has 3 nitrogen and oxygen atoms in total. The molecule has 32 heavy (non-hydrogen) atoms. The molecule has 1 heterocycles. The summed E-state index contributed by atoms with van der Waals surface area (Å²) in [4.78, 5) is 0. The van der Waals surface area contributed by atoms with Crippen molar-refractivity contribution in [2.24, 2.45) is 7.05 Å². The summed E-state index contributed by atoms with van der Waals surface area (Å²) in [5.74, 6) is 1.78. The lowest BCUT2D eigenvalue weighted by atomic mass is 9.88. The van der Waals surface area contributed by atoms with Crippen LogP contribution in [0.3, 0.4) is 0 Å². The first-order valence-corrected chi connectivity index (χ1v) is 11.2. The van der Waals surface area contributed by atoms with Crippen LogP contribution in [0.1, 0.15) is 56.2 Å². The molecule has 0 saturated carbocycles. The molecule has 0 aliphatic rings. The zero-order chi connectivity index (χ0) is 22.8. The highest BCUT2D eigenvalue weighted by molar-refractivity contribution is 5.71. The molecule has 160 valence electrons. The van der Waals surface area contributed by atoms with E-state index in [1.165, 1.54) is 27.9 Å². The van der Waals surface area contributed by atoms with Crippen LogP contribution in [0, 0.1) is 11.3 Å². The van der Waals surface area contributed by atoms with E-state index in [1.807, 2.05) is 18.2 Å². The van der Waals surface area contributed by atoms with E-state index in [9.17, 15) is 5.26 Å². The van der Waals surface area contributed by atoms with Gasteiger partial charge in [-0.1, -0.05) is 64.1 Å². The average Bonchev–Trinajstić information content (AvgIpc) is 3.19. The first-order valence-electron chi connectivity index (χ1n) is 11.2. The second-order valence-corrected chi connectivity index (χ2v) is 8.97. The van der Waals surface area contributed by atoms with Crippen LogP contribution in [0.2, 0.25) is 0 Å². The van der Waals surface area contributed by atoms with E-state index in [2.05, 4.69) is 111 Å². The van der Waals surface area contributed by atoms with Crippen LogP contribution in [-0.4, -0.2) is 4.57 Å². The fraction of sp³-hybridized carbons (Fsp3) is 0.241.